The van der Waals surface area contributed by atoms with Gasteiger partial charge in [-0.3, -0.25) is 20.3 Å². The van der Waals surface area contributed by atoms with E-state index in [9.17, 15) is 14.9 Å². The minimum atomic E-state index is -0.755. The number of anilines is 1. The molecule has 0 aliphatic carbocycles. The Labute approximate surface area is 111 Å². The zero-order chi connectivity index (χ0) is 14.9. The minimum absolute atomic E-state index is 0.0146. The van der Waals surface area contributed by atoms with Crippen LogP contribution in [0.25, 0.3) is 5.82 Å². The molecule has 0 saturated carbocycles. The average Bonchev–Trinajstić information content (AvgIpc) is 2.86. The van der Waals surface area contributed by atoms with Crippen LogP contribution >= 0.6 is 0 Å². The van der Waals surface area contributed by atoms with Crippen LogP contribution in [-0.4, -0.2) is 30.6 Å². The van der Waals surface area contributed by atoms with Gasteiger partial charge in [-0.2, -0.15) is 10.1 Å². The van der Waals surface area contributed by atoms with Crippen LogP contribution in [0.1, 0.15) is 16.2 Å². The Morgan fingerprint density at radius 2 is 2.20 bits per heavy atom. The van der Waals surface area contributed by atoms with Gasteiger partial charge in [-0.25, -0.2) is 15.5 Å². The van der Waals surface area contributed by atoms with Crippen LogP contribution in [0.5, 0.6) is 0 Å². The molecule has 2 aromatic heterocycles. The maximum Gasteiger partial charge on any atom is 0.334 e. The molecule has 0 unspecified atom stereocenters. The van der Waals surface area contributed by atoms with Gasteiger partial charge in [0.1, 0.15) is 11.4 Å². The summed E-state index contributed by atoms with van der Waals surface area (Å²) in [6.45, 7) is 1.43. The number of nitrogen functional groups attached to an aromatic ring is 1. The van der Waals surface area contributed by atoms with Crippen LogP contribution in [0.15, 0.2) is 12.3 Å². The Balaban J connectivity index is 2.66. The molecule has 0 spiro atoms. The number of nitrogens with two attached hydrogens (primary N) is 2. The van der Waals surface area contributed by atoms with Crippen molar-refractivity contribution in [3.05, 3.63) is 33.8 Å². The zero-order valence-electron chi connectivity index (χ0n) is 10.3. The molecule has 0 atom stereocenters. The van der Waals surface area contributed by atoms with E-state index in [1.165, 1.54) is 19.2 Å². The fourth-order valence-corrected chi connectivity index (χ4v) is 1.56. The van der Waals surface area contributed by atoms with Crippen LogP contribution in [0.4, 0.5) is 11.6 Å². The lowest BCUT2D eigenvalue weighted by molar-refractivity contribution is -0.385. The Morgan fingerprint density at radius 3 is 2.70 bits per heavy atom. The van der Waals surface area contributed by atoms with Gasteiger partial charge in [0.05, 0.1) is 4.92 Å². The van der Waals surface area contributed by atoms with Gasteiger partial charge in [0.2, 0.25) is 11.8 Å². The SMILES string of the molecule is Cc1nc(NN)nc(-n2ccc(C(N)=O)n2)c1[N+](=O)[O-]. The van der Waals surface area contributed by atoms with E-state index in [1.807, 2.05) is 0 Å². The van der Waals surface area contributed by atoms with E-state index in [2.05, 4.69) is 20.5 Å². The number of hydrazine groups is 1. The van der Waals surface area contributed by atoms with Crippen LogP contribution in [0, 0.1) is 17.0 Å². The highest BCUT2D eigenvalue weighted by atomic mass is 16.6. The Kier molecular flexibility index (Phi) is 3.27. The number of primary amides is 1. The maximum atomic E-state index is 11.1. The van der Waals surface area contributed by atoms with Crippen molar-refractivity contribution in [2.24, 2.45) is 11.6 Å². The highest BCUT2D eigenvalue weighted by molar-refractivity contribution is 5.90. The van der Waals surface area contributed by atoms with Gasteiger partial charge in [-0.1, -0.05) is 0 Å². The largest absolute Gasteiger partial charge is 0.364 e. The summed E-state index contributed by atoms with van der Waals surface area (Å²) in [5.74, 6) is 4.30. The van der Waals surface area contributed by atoms with Crippen LogP contribution in [-0.2, 0) is 0 Å². The normalized spacial score (nSPS) is 10.3. The summed E-state index contributed by atoms with van der Waals surface area (Å²) in [6.07, 6.45) is 1.33. The second-order valence-electron chi connectivity index (χ2n) is 3.72. The summed E-state index contributed by atoms with van der Waals surface area (Å²) < 4.78 is 1.06. The van der Waals surface area contributed by atoms with E-state index in [4.69, 9.17) is 11.6 Å². The molecule has 2 rings (SSSR count). The summed E-state index contributed by atoms with van der Waals surface area (Å²) >= 11 is 0. The van der Waals surface area contributed by atoms with Crippen LogP contribution in [0.3, 0.4) is 0 Å². The lowest BCUT2D eigenvalue weighted by atomic mass is 10.3. The van der Waals surface area contributed by atoms with E-state index in [-0.39, 0.29) is 28.8 Å². The third-order valence-electron chi connectivity index (χ3n) is 2.41. The van der Waals surface area contributed by atoms with Crippen molar-refractivity contribution < 1.29 is 9.72 Å². The van der Waals surface area contributed by atoms with Crippen molar-refractivity contribution in [2.75, 3.05) is 5.43 Å². The smallest absolute Gasteiger partial charge is 0.334 e. The maximum absolute atomic E-state index is 11.1. The molecule has 11 heteroatoms. The summed E-state index contributed by atoms with van der Waals surface area (Å²) in [4.78, 5) is 29.2. The molecular weight excluding hydrogens is 268 g/mol. The minimum Gasteiger partial charge on any atom is -0.364 e. The van der Waals surface area contributed by atoms with E-state index in [0.717, 1.165) is 4.68 Å². The monoisotopic (exact) mass is 278 g/mol. The summed E-state index contributed by atoms with van der Waals surface area (Å²) in [6, 6.07) is 1.32. The van der Waals surface area contributed by atoms with Gasteiger partial charge in [0.25, 0.3) is 5.91 Å². The highest BCUT2D eigenvalue weighted by Gasteiger charge is 2.24. The van der Waals surface area contributed by atoms with E-state index < -0.39 is 10.8 Å². The molecular formula is C9H10N8O3. The molecule has 104 valence electrons. The Hall–Kier alpha value is -3.08. The molecule has 0 aromatic carbocycles. The van der Waals surface area contributed by atoms with Crippen LogP contribution < -0.4 is 17.0 Å². The molecule has 0 aliphatic heterocycles. The van der Waals surface area contributed by atoms with Crippen molar-refractivity contribution in [3.63, 3.8) is 0 Å². The quantitative estimate of drug-likeness (QED) is 0.373. The summed E-state index contributed by atoms with van der Waals surface area (Å²) in [5.41, 5.74) is 6.98. The van der Waals surface area contributed by atoms with Crippen molar-refractivity contribution in [1.29, 1.82) is 0 Å². The predicted octanol–water partition coefficient (Wildman–Crippen LogP) is -0.737. The number of nitrogens with one attached hydrogen (secondary N) is 1. The van der Waals surface area contributed by atoms with Crippen molar-refractivity contribution >= 4 is 17.5 Å². The number of aryl methyl sites for hydroxylation is 1. The molecule has 20 heavy (non-hydrogen) atoms. The Morgan fingerprint density at radius 1 is 1.50 bits per heavy atom. The number of nitro groups is 1. The topological polar surface area (TPSA) is 168 Å². The van der Waals surface area contributed by atoms with Gasteiger partial charge < -0.3 is 5.73 Å². The molecule has 1 amide bonds. The van der Waals surface area contributed by atoms with E-state index in [1.54, 1.807) is 0 Å². The first-order chi connectivity index (χ1) is 9.43. The first kappa shape index (κ1) is 13.4. The molecule has 11 nitrogen and oxygen atoms in total. The van der Waals surface area contributed by atoms with Crippen molar-refractivity contribution in [3.8, 4) is 5.82 Å². The first-order valence-electron chi connectivity index (χ1n) is 5.29. The average molecular weight is 278 g/mol. The van der Waals surface area contributed by atoms with E-state index in [0.29, 0.717) is 0 Å². The number of amides is 1. The lowest BCUT2D eigenvalue weighted by Crippen LogP contribution is -2.16. The van der Waals surface area contributed by atoms with Crippen molar-refractivity contribution in [2.45, 2.75) is 6.92 Å². The van der Waals surface area contributed by atoms with Gasteiger partial charge in [-0.15, -0.1) is 0 Å². The highest BCUT2D eigenvalue weighted by Crippen LogP contribution is 2.24. The summed E-state index contributed by atoms with van der Waals surface area (Å²) in [7, 11) is 0. The second kappa shape index (κ2) is 4.89. The number of carbonyl (C=O) groups is 1. The molecule has 0 saturated heterocycles. The fraction of sp³-hybridized carbons (Fsp3) is 0.111. The number of rotatable bonds is 4. The fourth-order valence-electron chi connectivity index (χ4n) is 1.56. The predicted molar refractivity (Wildman–Crippen MR) is 66.9 cm³/mol. The lowest BCUT2D eigenvalue weighted by Gasteiger charge is -2.06. The summed E-state index contributed by atoms with van der Waals surface area (Å²) in [5, 5.41) is 14.9. The zero-order valence-corrected chi connectivity index (χ0v) is 10.3. The molecule has 0 bridgehead atoms. The number of aromatic nitrogens is 4. The van der Waals surface area contributed by atoms with Gasteiger partial charge in [0, 0.05) is 6.20 Å². The number of hydrogen-bond donors (Lipinski definition) is 3. The molecule has 0 aliphatic rings. The second-order valence-corrected chi connectivity index (χ2v) is 3.72. The number of hydrogen-bond acceptors (Lipinski definition) is 8. The third kappa shape index (κ3) is 2.24. The standard InChI is InChI=1S/C9H10N8O3/c1-4-6(17(19)20)8(13-9(12-4)14-11)16-3-2-5(15-16)7(10)18/h2-3H,11H2,1H3,(H2,10,18)(H,12,13,14). The van der Waals surface area contributed by atoms with Gasteiger partial charge in [0.15, 0.2) is 0 Å². The first-order valence-corrected chi connectivity index (χ1v) is 5.29. The Bertz CT molecular complexity index is 694. The number of carbonyl (C=O) groups excluding carboxylic acids is 1. The molecule has 0 radical (unpaired) electrons. The molecule has 0 fully saturated rings. The van der Waals surface area contributed by atoms with Crippen LogP contribution in [0.2, 0.25) is 0 Å². The van der Waals surface area contributed by atoms with E-state index >= 15 is 0 Å². The molecule has 2 heterocycles. The third-order valence-corrected chi connectivity index (χ3v) is 2.41. The van der Waals surface area contributed by atoms with Gasteiger partial charge in [-0.05, 0) is 13.0 Å². The number of nitrogens with zero attached hydrogens (tertiary/aromatic N) is 5. The molecule has 2 aromatic rings. The van der Waals surface area contributed by atoms with Crippen molar-refractivity contribution in [1.82, 2.24) is 19.7 Å². The molecule has 5 N–H and O–H groups in total. The van der Waals surface area contributed by atoms with Gasteiger partial charge >= 0.3 is 5.69 Å².